The van der Waals surface area contributed by atoms with E-state index in [9.17, 15) is 9.59 Å². The summed E-state index contributed by atoms with van der Waals surface area (Å²) in [5.41, 5.74) is 0.590. The van der Waals surface area contributed by atoms with Crippen molar-refractivity contribution < 1.29 is 34.0 Å². The first-order chi connectivity index (χ1) is 9.47. The van der Waals surface area contributed by atoms with Gasteiger partial charge >= 0.3 is 11.9 Å². The lowest BCUT2D eigenvalue weighted by Crippen LogP contribution is -2.22. The van der Waals surface area contributed by atoms with Gasteiger partial charge in [0.2, 0.25) is 6.29 Å². The van der Waals surface area contributed by atoms with Crippen LogP contribution in [0.1, 0.15) is 34.6 Å². The number of carbonyl (C=O) groups excluding carboxylic acids is 2. The molecule has 0 aliphatic heterocycles. The van der Waals surface area contributed by atoms with E-state index in [1.54, 1.807) is 0 Å². The maximum Gasteiger partial charge on any atom is 0.335 e. The Morgan fingerprint density at radius 2 is 1.24 bits per heavy atom. The molecule has 0 aromatic carbocycles. The minimum absolute atomic E-state index is 0.288. The highest BCUT2D eigenvalue weighted by molar-refractivity contribution is 5.87. The second kappa shape index (κ2) is 11.0. The van der Waals surface area contributed by atoms with E-state index in [4.69, 9.17) is 19.7 Å². The molecule has 3 unspecified atom stereocenters. The first-order valence-corrected chi connectivity index (χ1v) is 6.21. The van der Waals surface area contributed by atoms with E-state index in [0.717, 1.165) is 0 Å². The fourth-order valence-corrected chi connectivity index (χ4v) is 0.812. The van der Waals surface area contributed by atoms with Crippen LogP contribution in [-0.2, 0) is 23.8 Å². The number of aliphatic hydroxyl groups excluding tert-OH is 2. The Morgan fingerprint density at radius 3 is 1.48 bits per heavy atom. The van der Waals surface area contributed by atoms with E-state index in [-0.39, 0.29) is 5.57 Å². The van der Waals surface area contributed by atoms with E-state index in [2.05, 4.69) is 17.9 Å². The predicted octanol–water partition coefficient (Wildman–Crippen LogP) is 1.25. The van der Waals surface area contributed by atoms with E-state index in [0.29, 0.717) is 5.57 Å². The van der Waals surface area contributed by atoms with Gasteiger partial charge in [-0.2, -0.15) is 0 Å². The fraction of sp³-hybridized carbons (Fsp3) is 0.571. The highest BCUT2D eigenvalue weighted by Gasteiger charge is 2.11. The SMILES string of the molecule is C=C(C)C(=O)OC(C)O.C=C(C)C(=O)OC(C)OC(C)O. The van der Waals surface area contributed by atoms with E-state index < -0.39 is 30.8 Å². The van der Waals surface area contributed by atoms with Crippen LogP contribution in [0.15, 0.2) is 24.3 Å². The molecule has 7 heteroatoms. The Hall–Kier alpha value is -1.70. The molecule has 2 N–H and O–H groups in total. The molecule has 21 heavy (non-hydrogen) atoms. The third kappa shape index (κ3) is 14.5. The summed E-state index contributed by atoms with van der Waals surface area (Å²) in [7, 11) is 0. The molecule has 0 amide bonds. The lowest BCUT2D eigenvalue weighted by atomic mass is 10.4. The van der Waals surface area contributed by atoms with Gasteiger partial charge in [-0.1, -0.05) is 13.2 Å². The quantitative estimate of drug-likeness (QED) is 0.432. The first-order valence-electron chi connectivity index (χ1n) is 6.21. The van der Waals surface area contributed by atoms with Gasteiger partial charge in [-0.3, -0.25) is 0 Å². The standard InChI is InChI=1S/C8H14O4.C6H10O3/c1-5(2)8(10)12-7(4)11-6(3)9;1-4(2)6(8)9-5(3)7/h6-7,9H,1H2,2-4H3;5,7H,1H2,2-3H3. The van der Waals surface area contributed by atoms with Crippen molar-refractivity contribution in [2.45, 2.75) is 53.5 Å². The zero-order valence-corrected chi connectivity index (χ0v) is 13.1. The Balaban J connectivity index is 0. The van der Waals surface area contributed by atoms with Crippen molar-refractivity contribution in [3.63, 3.8) is 0 Å². The summed E-state index contributed by atoms with van der Waals surface area (Å²) in [4.78, 5) is 21.3. The number of aliphatic hydroxyl groups is 2. The summed E-state index contributed by atoms with van der Waals surface area (Å²) in [6.45, 7) is 14.1. The van der Waals surface area contributed by atoms with Crippen LogP contribution < -0.4 is 0 Å². The molecule has 3 atom stereocenters. The number of carbonyl (C=O) groups is 2. The largest absolute Gasteiger partial charge is 0.433 e. The van der Waals surface area contributed by atoms with Gasteiger partial charge in [0.1, 0.15) is 0 Å². The van der Waals surface area contributed by atoms with Gasteiger partial charge in [0, 0.05) is 11.1 Å². The molecular weight excluding hydrogens is 280 g/mol. The van der Waals surface area contributed by atoms with Crippen LogP contribution in [0.2, 0.25) is 0 Å². The van der Waals surface area contributed by atoms with Gasteiger partial charge < -0.3 is 24.4 Å². The van der Waals surface area contributed by atoms with Gasteiger partial charge in [-0.15, -0.1) is 0 Å². The zero-order valence-electron chi connectivity index (χ0n) is 13.1. The first kappa shape index (κ1) is 21.6. The minimum Gasteiger partial charge on any atom is -0.433 e. The molecule has 0 aliphatic carbocycles. The molecule has 0 aliphatic rings. The average molecular weight is 304 g/mol. The highest BCUT2D eigenvalue weighted by Crippen LogP contribution is 2.01. The average Bonchev–Trinajstić information content (AvgIpc) is 2.27. The molecule has 0 aromatic heterocycles. The molecule has 0 bridgehead atoms. The molecule has 7 nitrogen and oxygen atoms in total. The number of hydrogen-bond acceptors (Lipinski definition) is 7. The highest BCUT2D eigenvalue weighted by atomic mass is 16.7. The van der Waals surface area contributed by atoms with Crippen molar-refractivity contribution in [3.05, 3.63) is 24.3 Å². The summed E-state index contributed by atoms with van der Waals surface area (Å²) in [5, 5.41) is 17.2. The Labute approximate surface area is 124 Å². The van der Waals surface area contributed by atoms with E-state index in [1.807, 2.05) is 0 Å². The van der Waals surface area contributed by atoms with Gasteiger partial charge in [0.25, 0.3) is 0 Å². The summed E-state index contributed by atoms with van der Waals surface area (Å²) < 4.78 is 13.8. The number of ether oxygens (including phenoxy) is 3. The summed E-state index contributed by atoms with van der Waals surface area (Å²) in [5.74, 6) is -1.09. The Morgan fingerprint density at radius 1 is 0.857 bits per heavy atom. The van der Waals surface area contributed by atoms with Crippen molar-refractivity contribution in [3.8, 4) is 0 Å². The Kier molecular flexibility index (Phi) is 11.3. The van der Waals surface area contributed by atoms with Crippen molar-refractivity contribution >= 4 is 11.9 Å². The van der Waals surface area contributed by atoms with Gasteiger partial charge in [-0.25, -0.2) is 9.59 Å². The third-order valence-electron chi connectivity index (χ3n) is 1.64. The molecule has 0 fully saturated rings. The number of esters is 2. The van der Waals surface area contributed by atoms with Crippen LogP contribution in [0.4, 0.5) is 0 Å². The molecule has 0 heterocycles. The van der Waals surface area contributed by atoms with Crippen LogP contribution in [-0.4, -0.2) is 41.0 Å². The fourth-order valence-electron chi connectivity index (χ4n) is 0.812. The number of rotatable bonds is 6. The molecule has 0 radical (unpaired) electrons. The van der Waals surface area contributed by atoms with Crippen molar-refractivity contribution in [2.75, 3.05) is 0 Å². The second-order valence-electron chi connectivity index (χ2n) is 4.27. The molecule has 0 rings (SSSR count). The molecule has 0 aromatic rings. The van der Waals surface area contributed by atoms with E-state index in [1.165, 1.54) is 34.6 Å². The van der Waals surface area contributed by atoms with Gasteiger partial charge in [0.15, 0.2) is 12.6 Å². The van der Waals surface area contributed by atoms with Crippen LogP contribution >= 0.6 is 0 Å². The summed E-state index contributed by atoms with van der Waals surface area (Å²) in [6, 6.07) is 0. The van der Waals surface area contributed by atoms with Gasteiger partial charge in [0.05, 0.1) is 0 Å². The third-order valence-corrected chi connectivity index (χ3v) is 1.64. The van der Waals surface area contributed by atoms with Crippen molar-refractivity contribution in [1.29, 1.82) is 0 Å². The normalized spacial score (nSPS) is 13.9. The maximum absolute atomic E-state index is 10.9. The molecule has 122 valence electrons. The van der Waals surface area contributed by atoms with Crippen molar-refractivity contribution in [2.24, 2.45) is 0 Å². The second-order valence-corrected chi connectivity index (χ2v) is 4.27. The lowest BCUT2D eigenvalue weighted by molar-refractivity contribution is -0.211. The molecule has 0 spiro atoms. The maximum atomic E-state index is 10.9. The summed E-state index contributed by atoms with van der Waals surface area (Å²) >= 11 is 0. The zero-order chi connectivity index (χ0) is 17.2. The molecular formula is C14H24O7. The van der Waals surface area contributed by atoms with Crippen LogP contribution in [0.3, 0.4) is 0 Å². The Bertz CT molecular complexity index is 372. The summed E-state index contributed by atoms with van der Waals surface area (Å²) in [6.07, 6.45) is -2.75. The van der Waals surface area contributed by atoms with Gasteiger partial charge in [-0.05, 0) is 34.6 Å². The molecule has 0 saturated heterocycles. The van der Waals surface area contributed by atoms with Crippen molar-refractivity contribution in [1.82, 2.24) is 0 Å². The minimum atomic E-state index is -1.05. The predicted molar refractivity (Wildman–Crippen MR) is 75.7 cm³/mol. The lowest BCUT2D eigenvalue weighted by Gasteiger charge is -2.15. The van der Waals surface area contributed by atoms with Crippen LogP contribution in [0, 0.1) is 0 Å². The smallest absolute Gasteiger partial charge is 0.335 e. The topological polar surface area (TPSA) is 102 Å². The molecule has 0 saturated carbocycles. The van der Waals surface area contributed by atoms with Crippen LogP contribution in [0.5, 0.6) is 0 Å². The monoisotopic (exact) mass is 304 g/mol. The van der Waals surface area contributed by atoms with Crippen LogP contribution in [0.25, 0.3) is 0 Å². The number of hydrogen-bond donors (Lipinski definition) is 2. The van der Waals surface area contributed by atoms with E-state index >= 15 is 0 Å².